The number of nitrogens with zero attached hydrogens (tertiary/aromatic N) is 2. The summed E-state index contributed by atoms with van der Waals surface area (Å²) in [6.07, 6.45) is 1.66. The summed E-state index contributed by atoms with van der Waals surface area (Å²) in [6, 6.07) is 8.04. The molecular formula is C14H14ClN3. The predicted molar refractivity (Wildman–Crippen MR) is 73.5 cm³/mol. The van der Waals surface area contributed by atoms with Crippen LogP contribution >= 0.6 is 11.6 Å². The number of hydrogen-bond acceptors (Lipinski definition) is 2. The first kappa shape index (κ1) is 12.7. The maximum atomic E-state index is 5.96. The van der Waals surface area contributed by atoms with Crippen LogP contribution in [0, 0.1) is 18.8 Å². The van der Waals surface area contributed by atoms with Gasteiger partial charge >= 0.3 is 0 Å². The molecule has 0 aliphatic carbocycles. The fourth-order valence-electron chi connectivity index (χ4n) is 1.60. The summed E-state index contributed by atoms with van der Waals surface area (Å²) in [5.41, 5.74) is 8.44. The minimum Gasteiger partial charge on any atom is -0.320 e. The van der Waals surface area contributed by atoms with Crippen molar-refractivity contribution >= 4 is 11.6 Å². The summed E-state index contributed by atoms with van der Waals surface area (Å²) in [7, 11) is 0. The number of hydrogen-bond donors (Lipinski definition) is 1. The van der Waals surface area contributed by atoms with Crippen LogP contribution in [-0.2, 0) is 6.54 Å². The summed E-state index contributed by atoms with van der Waals surface area (Å²) < 4.78 is 1.88. The van der Waals surface area contributed by atoms with Crippen molar-refractivity contribution in [1.82, 2.24) is 9.78 Å². The lowest BCUT2D eigenvalue weighted by atomic mass is 10.1. The Labute approximate surface area is 112 Å². The number of benzene rings is 1. The van der Waals surface area contributed by atoms with Crippen LogP contribution in [-0.4, -0.2) is 16.3 Å². The van der Waals surface area contributed by atoms with Crippen LogP contribution in [0.3, 0.4) is 0 Å². The van der Waals surface area contributed by atoms with Crippen molar-refractivity contribution in [3.8, 4) is 11.8 Å². The van der Waals surface area contributed by atoms with Crippen molar-refractivity contribution in [2.75, 3.05) is 6.54 Å². The van der Waals surface area contributed by atoms with E-state index in [-0.39, 0.29) is 0 Å². The number of aromatic nitrogens is 2. The third-order valence-corrected chi connectivity index (χ3v) is 3.04. The molecule has 0 spiro atoms. The average Bonchev–Trinajstić information content (AvgIpc) is 2.70. The molecule has 4 heteroatoms. The van der Waals surface area contributed by atoms with E-state index in [1.165, 1.54) is 0 Å². The molecule has 0 unspecified atom stereocenters. The van der Waals surface area contributed by atoms with Crippen LogP contribution in [0.5, 0.6) is 0 Å². The van der Waals surface area contributed by atoms with Gasteiger partial charge in [0, 0.05) is 5.56 Å². The largest absolute Gasteiger partial charge is 0.320 e. The van der Waals surface area contributed by atoms with E-state index in [1.807, 2.05) is 35.9 Å². The topological polar surface area (TPSA) is 43.8 Å². The second-order valence-electron chi connectivity index (χ2n) is 3.94. The Morgan fingerprint density at radius 2 is 2.06 bits per heavy atom. The monoisotopic (exact) mass is 259 g/mol. The van der Waals surface area contributed by atoms with Gasteiger partial charge in [0.05, 0.1) is 30.0 Å². The molecule has 1 aromatic carbocycles. The highest BCUT2D eigenvalue weighted by Gasteiger charge is 2.04. The third-order valence-electron chi connectivity index (χ3n) is 2.66. The minimum atomic E-state index is 0.382. The molecule has 0 saturated carbocycles. The molecule has 0 amide bonds. The molecule has 2 rings (SSSR count). The van der Waals surface area contributed by atoms with E-state index < -0.39 is 0 Å². The maximum absolute atomic E-state index is 5.96. The molecular weight excluding hydrogens is 246 g/mol. The highest BCUT2D eigenvalue weighted by atomic mass is 35.5. The first-order chi connectivity index (χ1) is 8.70. The van der Waals surface area contributed by atoms with E-state index in [4.69, 9.17) is 17.3 Å². The Balaban J connectivity index is 2.13. The molecule has 0 aliphatic heterocycles. The van der Waals surface area contributed by atoms with Gasteiger partial charge < -0.3 is 5.73 Å². The average molecular weight is 260 g/mol. The lowest BCUT2D eigenvalue weighted by molar-refractivity contribution is 0.665. The second-order valence-corrected chi connectivity index (χ2v) is 4.35. The fourth-order valence-corrected chi connectivity index (χ4v) is 1.74. The molecule has 0 saturated heterocycles. The molecule has 18 heavy (non-hydrogen) atoms. The van der Waals surface area contributed by atoms with Gasteiger partial charge in [-0.3, -0.25) is 4.68 Å². The van der Waals surface area contributed by atoms with Gasteiger partial charge in [-0.05, 0) is 24.6 Å². The van der Waals surface area contributed by atoms with Crippen LogP contribution in [0.25, 0.3) is 0 Å². The standard InChI is InChI=1S/C14H14ClN3/c1-11-14(15)9-17-18(11)10-13-6-4-12(5-7-13)3-2-8-16/h4-7,9H,8,10,16H2,1H3. The molecule has 2 aromatic rings. The predicted octanol–water partition coefficient (Wildman–Crippen LogP) is 2.20. The smallest absolute Gasteiger partial charge is 0.0815 e. The second kappa shape index (κ2) is 5.72. The number of halogens is 1. The van der Waals surface area contributed by atoms with E-state index in [9.17, 15) is 0 Å². The zero-order valence-corrected chi connectivity index (χ0v) is 10.9. The Morgan fingerprint density at radius 3 is 2.61 bits per heavy atom. The molecule has 3 nitrogen and oxygen atoms in total. The molecule has 92 valence electrons. The van der Waals surface area contributed by atoms with E-state index in [0.717, 1.165) is 16.8 Å². The van der Waals surface area contributed by atoms with Crippen LogP contribution in [0.2, 0.25) is 5.02 Å². The van der Waals surface area contributed by atoms with E-state index in [0.29, 0.717) is 18.1 Å². The van der Waals surface area contributed by atoms with Crippen molar-refractivity contribution < 1.29 is 0 Å². The lowest BCUT2D eigenvalue weighted by Crippen LogP contribution is -2.03. The third kappa shape index (κ3) is 2.92. The lowest BCUT2D eigenvalue weighted by Gasteiger charge is -2.04. The van der Waals surface area contributed by atoms with E-state index in [1.54, 1.807) is 6.20 Å². The zero-order valence-electron chi connectivity index (χ0n) is 10.2. The number of rotatable bonds is 2. The van der Waals surface area contributed by atoms with Crippen molar-refractivity contribution in [2.24, 2.45) is 5.73 Å². The molecule has 0 fully saturated rings. The SMILES string of the molecule is Cc1c(Cl)cnn1Cc1ccc(C#CCN)cc1. The van der Waals surface area contributed by atoms with Crippen LogP contribution in [0.15, 0.2) is 30.5 Å². The van der Waals surface area contributed by atoms with Crippen LogP contribution < -0.4 is 5.73 Å². The van der Waals surface area contributed by atoms with Gasteiger partial charge in [-0.25, -0.2) is 0 Å². The van der Waals surface area contributed by atoms with Crippen molar-refractivity contribution in [3.63, 3.8) is 0 Å². The Hall–Kier alpha value is -1.76. The van der Waals surface area contributed by atoms with Crippen LogP contribution in [0.4, 0.5) is 0 Å². The molecule has 1 aromatic heterocycles. The van der Waals surface area contributed by atoms with Crippen molar-refractivity contribution in [1.29, 1.82) is 0 Å². The summed E-state index contributed by atoms with van der Waals surface area (Å²) in [4.78, 5) is 0. The van der Waals surface area contributed by atoms with E-state index >= 15 is 0 Å². The van der Waals surface area contributed by atoms with Gasteiger partial charge in [0.2, 0.25) is 0 Å². The van der Waals surface area contributed by atoms with Crippen molar-refractivity contribution in [2.45, 2.75) is 13.5 Å². The Bertz CT molecular complexity index is 588. The molecule has 0 atom stereocenters. The van der Waals surface area contributed by atoms with Gasteiger partial charge in [-0.2, -0.15) is 5.10 Å². The zero-order chi connectivity index (χ0) is 13.0. The maximum Gasteiger partial charge on any atom is 0.0815 e. The molecule has 0 aliphatic rings. The van der Waals surface area contributed by atoms with Crippen molar-refractivity contribution in [3.05, 3.63) is 52.3 Å². The van der Waals surface area contributed by atoms with Gasteiger partial charge in [-0.15, -0.1) is 0 Å². The highest BCUT2D eigenvalue weighted by molar-refractivity contribution is 6.31. The Kier molecular flexibility index (Phi) is 4.03. The highest BCUT2D eigenvalue weighted by Crippen LogP contribution is 2.15. The Morgan fingerprint density at radius 1 is 1.33 bits per heavy atom. The first-order valence-electron chi connectivity index (χ1n) is 5.66. The molecule has 0 bridgehead atoms. The summed E-state index contributed by atoms with van der Waals surface area (Å²) >= 11 is 5.96. The summed E-state index contributed by atoms with van der Waals surface area (Å²) in [6.45, 7) is 3.05. The molecule has 2 N–H and O–H groups in total. The van der Waals surface area contributed by atoms with Gasteiger partial charge in [-0.1, -0.05) is 35.6 Å². The number of nitrogens with two attached hydrogens (primary N) is 1. The normalized spacial score (nSPS) is 9.94. The first-order valence-corrected chi connectivity index (χ1v) is 6.04. The van der Waals surface area contributed by atoms with E-state index in [2.05, 4.69) is 16.9 Å². The fraction of sp³-hybridized carbons (Fsp3) is 0.214. The summed E-state index contributed by atoms with van der Waals surface area (Å²) in [5.74, 6) is 5.82. The van der Waals surface area contributed by atoms with Gasteiger partial charge in [0.15, 0.2) is 0 Å². The minimum absolute atomic E-state index is 0.382. The molecule has 0 radical (unpaired) electrons. The van der Waals surface area contributed by atoms with Gasteiger partial charge in [0.25, 0.3) is 0 Å². The van der Waals surface area contributed by atoms with Crippen LogP contribution in [0.1, 0.15) is 16.8 Å². The molecule has 1 heterocycles. The quantitative estimate of drug-likeness (QED) is 0.841. The van der Waals surface area contributed by atoms with Gasteiger partial charge in [0.1, 0.15) is 0 Å². The summed E-state index contributed by atoms with van der Waals surface area (Å²) in [5, 5.41) is 4.92.